The van der Waals surface area contributed by atoms with E-state index in [0.29, 0.717) is 4.83 Å². The van der Waals surface area contributed by atoms with Crippen molar-refractivity contribution >= 4 is 24.7 Å². The molecule has 3 nitrogen and oxygen atoms in total. The van der Waals surface area contributed by atoms with Gasteiger partial charge in [0.05, 0.1) is 0 Å². The Morgan fingerprint density at radius 3 is 1.63 bits per heavy atom. The first-order valence-electron chi connectivity index (χ1n) is 10.7. The van der Waals surface area contributed by atoms with Gasteiger partial charge in [-0.2, -0.15) is 0 Å². The van der Waals surface area contributed by atoms with Crippen LogP contribution in [0.1, 0.15) is 82.2 Å². The summed E-state index contributed by atoms with van der Waals surface area (Å²) < 4.78 is 19.0. The van der Waals surface area contributed by atoms with E-state index in [2.05, 4.69) is 67.9 Å². The molecule has 27 heavy (non-hydrogen) atoms. The fourth-order valence-electron chi connectivity index (χ4n) is 2.70. The Morgan fingerprint density at radius 1 is 0.815 bits per heavy atom. The summed E-state index contributed by atoms with van der Waals surface area (Å²) in [7, 11) is -2.63. The summed E-state index contributed by atoms with van der Waals surface area (Å²) in [5.41, 5.74) is 2.63. The van der Waals surface area contributed by atoms with Gasteiger partial charge in [0.15, 0.2) is 0 Å². The number of hydrogen-bond donors (Lipinski definition) is 0. The number of hydrogen-bond acceptors (Lipinski definition) is 3. The highest BCUT2D eigenvalue weighted by molar-refractivity contribution is 9.09. The Balaban J connectivity index is 2.79. The molecule has 0 spiro atoms. The molecule has 0 bridgehead atoms. The molecule has 0 aromatic heterocycles. The molecule has 0 fully saturated rings. The van der Waals surface area contributed by atoms with Crippen molar-refractivity contribution < 1.29 is 13.3 Å². The molecule has 1 aromatic rings. The SMILES string of the molecule is CCCCO[Si](CCc1ccc(C(C)Br)cc1)(OCCCC)OCCCC. The minimum atomic E-state index is -2.63. The van der Waals surface area contributed by atoms with Crippen LogP contribution in [0.2, 0.25) is 6.04 Å². The highest BCUT2D eigenvalue weighted by Crippen LogP contribution is 2.24. The summed E-state index contributed by atoms with van der Waals surface area (Å²) in [5, 5.41) is 0. The second kappa shape index (κ2) is 14.7. The van der Waals surface area contributed by atoms with Crippen LogP contribution in [-0.4, -0.2) is 28.6 Å². The van der Waals surface area contributed by atoms with Crippen LogP contribution >= 0.6 is 15.9 Å². The maximum atomic E-state index is 6.33. The minimum Gasteiger partial charge on any atom is -0.373 e. The highest BCUT2D eigenvalue weighted by atomic mass is 79.9. The van der Waals surface area contributed by atoms with Gasteiger partial charge in [-0.25, -0.2) is 0 Å². The zero-order chi connectivity index (χ0) is 20.0. The normalized spacial score (nSPS) is 13.1. The van der Waals surface area contributed by atoms with Gasteiger partial charge in [0.2, 0.25) is 0 Å². The van der Waals surface area contributed by atoms with Crippen LogP contribution in [0, 0.1) is 0 Å². The Labute approximate surface area is 176 Å². The quantitative estimate of drug-likeness (QED) is 0.150. The maximum Gasteiger partial charge on any atom is 0.501 e. The number of rotatable bonds is 16. The van der Waals surface area contributed by atoms with Crippen LogP contribution in [0.15, 0.2) is 24.3 Å². The molecule has 1 aromatic carbocycles. The average molecular weight is 460 g/mol. The number of aryl methyl sites for hydroxylation is 1. The lowest BCUT2D eigenvalue weighted by Gasteiger charge is -2.30. The van der Waals surface area contributed by atoms with Crippen molar-refractivity contribution in [2.45, 2.75) is 83.5 Å². The molecule has 0 heterocycles. The lowest BCUT2D eigenvalue weighted by molar-refractivity contribution is 0.0564. The van der Waals surface area contributed by atoms with E-state index in [1.165, 1.54) is 11.1 Å². The first kappa shape index (κ1) is 24.8. The predicted molar refractivity (Wildman–Crippen MR) is 121 cm³/mol. The Kier molecular flexibility index (Phi) is 13.6. The van der Waals surface area contributed by atoms with Crippen molar-refractivity contribution in [3.8, 4) is 0 Å². The summed E-state index contributed by atoms with van der Waals surface area (Å²) in [4.78, 5) is 0.382. The first-order chi connectivity index (χ1) is 13.1. The summed E-state index contributed by atoms with van der Waals surface area (Å²) in [5.74, 6) is 0. The molecule has 1 rings (SSSR count). The lowest BCUT2D eigenvalue weighted by Crippen LogP contribution is -2.47. The van der Waals surface area contributed by atoms with E-state index < -0.39 is 8.80 Å². The molecule has 1 atom stereocenters. The second-order valence-corrected chi connectivity index (χ2v) is 11.3. The van der Waals surface area contributed by atoms with Crippen LogP contribution in [0.4, 0.5) is 0 Å². The van der Waals surface area contributed by atoms with Gasteiger partial charge in [0.1, 0.15) is 0 Å². The summed E-state index contributed by atoms with van der Waals surface area (Å²) >= 11 is 3.63. The van der Waals surface area contributed by atoms with Crippen molar-refractivity contribution in [2.75, 3.05) is 19.8 Å². The summed E-state index contributed by atoms with van der Waals surface area (Å²) in [6, 6.07) is 9.69. The number of unbranched alkanes of at least 4 members (excludes halogenated alkanes) is 3. The van der Waals surface area contributed by atoms with Crippen LogP contribution in [-0.2, 0) is 19.7 Å². The van der Waals surface area contributed by atoms with Gasteiger partial charge in [-0.05, 0) is 43.7 Å². The number of alkyl halides is 1. The minimum absolute atomic E-state index is 0.382. The van der Waals surface area contributed by atoms with E-state index in [4.69, 9.17) is 13.3 Å². The molecule has 0 aliphatic heterocycles. The van der Waals surface area contributed by atoms with Crippen LogP contribution in [0.25, 0.3) is 0 Å². The zero-order valence-electron chi connectivity index (χ0n) is 17.8. The molecular formula is C22H39BrO3Si. The molecule has 156 valence electrons. The fraction of sp³-hybridized carbons (Fsp3) is 0.727. The smallest absolute Gasteiger partial charge is 0.373 e. The molecule has 5 heteroatoms. The third-order valence-electron chi connectivity index (χ3n) is 4.62. The Bertz CT molecular complexity index is 452. The largest absolute Gasteiger partial charge is 0.501 e. The molecule has 0 aliphatic carbocycles. The third kappa shape index (κ3) is 10.2. The first-order valence-corrected chi connectivity index (χ1v) is 13.6. The van der Waals surface area contributed by atoms with Gasteiger partial charge >= 0.3 is 8.80 Å². The molecule has 0 saturated carbocycles. The van der Waals surface area contributed by atoms with E-state index in [0.717, 1.165) is 70.8 Å². The van der Waals surface area contributed by atoms with Gasteiger partial charge in [-0.15, -0.1) is 0 Å². The molecule has 0 saturated heterocycles. The van der Waals surface area contributed by atoms with E-state index in [1.807, 2.05) is 0 Å². The molecular weight excluding hydrogens is 420 g/mol. The van der Waals surface area contributed by atoms with Crippen molar-refractivity contribution in [3.05, 3.63) is 35.4 Å². The molecule has 1 unspecified atom stereocenters. The van der Waals surface area contributed by atoms with Gasteiger partial charge in [-0.1, -0.05) is 80.2 Å². The average Bonchev–Trinajstić information content (AvgIpc) is 2.67. The number of halogens is 1. The second-order valence-electron chi connectivity index (χ2n) is 7.15. The molecule has 0 aliphatic rings. The highest BCUT2D eigenvalue weighted by Gasteiger charge is 2.40. The Morgan fingerprint density at radius 2 is 1.26 bits per heavy atom. The van der Waals surface area contributed by atoms with Crippen LogP contribution < -0.4 is 0 Å². The van der Waals surface area contributed by atoms with Gasteiger partial charge in [-0.3, -0.25) is 0 Å². The fourth-order valence-corrected chi connectivity index (χ4v) is 5.65. The van der Waals surface area contributed by atoms with E-state index in [-0.39, 0.29) is 0 Å². The lowest BCUT2D eigenvalue weighted by atomic mass is 10.1. The van der Waals surface area contributed by atoms with Crippen molar-refractivity contribution in [1.82, 2.24) is 0 Å². The summed E-state index contributed by atoms with van der Waals surface area (Å²) in [6.45, 7) is 10.9. The van der Waals surface area contributed by atoms with Crippen molar-refractivity contribution in [2.24, 2.45) is 0 Å². The third-order valence-corrected chi connectivity index (χ3v) is 7.94. The molecule has 0 radical (unpaired) electrons. The van der Waals surface area contributed by atoms with Gasteiger partial charge in [0.25, 0.3) is 0 Å². The number of benzene rings is 1. The van der Waals surface area contributed by atoms with E-state index in [9.17, 15) is 0 Å². The van der Waals surface area contributed by atoms with Crippen LogP contribution in [0.3, 0.4) is 0 Å². The molecule has 0 N–H and O–H groups in total. The molecule has 0 amide bonds. The van der Waals surface area contributed by atoms with Crippen molar-refractivity contribution in [3.63, 3.8) is 0 Å². The maximum absolute atomic E-state index is 6.33. The van der Waals surface area contributed by atoms with Gasteiger partial charge < -0.3 is 13.3 Å². The van der Waals surface area contributed by atoms with Crippen molar-refractivity contribution in [1.29, 1.82) is 0 Å². The topological polar surface area (TPSA) is 27.7 Å². The summed E-state index contributed by atoms with van der Waals surface area (Å²) in [6.07, 6.45) is 7.48. The zero-order valence-corrected chi connectivity index (χ0v) is 20.4. The van der Waals surface area contributed by atoms with Gasteiger partial charge in [0, 0.05) is 30.7 Å². The van der Waals surface area contributed by atoms with E-state index in [1.54, 1.807) is 0 Å². The Hall–Kier alpha value is -0.203. The predicted octanol–water partition coefficient (Wildman–Crippen LogP) is 7.07. The monoisotopic (exact) mass is 458 g/mol. The standard InChI is InChI=1S/C22H39BrO3Si/c1-5-8-16-24-27(25-17-9-6-2,26-18-10-7-3)19-15-21-11-13-22(14-12-21)20(4)23/h11-14,20H,5-10,15-19H2,1-4H3. The van der Waals surface area contributed by atoms with E-state index >= 15 is 0 Å². The van der Waals surface area contributed by atoms with Crippen LogP contribution in [0.5, 0.6) is 0 Å².